The SMILES string of the molecule is O[C@H]1[C@H](O)[C@H]2COC(Cl)(c3ccccc3)OC[C@@H]1OC(Cl)(c1ccccc1)O2. The van der Waals surface area contributed by atoms with Crippen molar-refractivity contribution in [2.45, 2.75) is 34.9 Å². The van der Waals surface area contributed by atoms with Gasteiger partial charge in [0.05, 0.1) is 13.2 Å². The van der Waals surface area contributed by atoms with Gasteiger partial charge in [0.1, 0.15) is 24.4 Å². The van der Waals surface area contributed by atoms with E-state index in [2.05, 4.69) is 0 Å². The molecule has 2 aromatic carbocycles. The molecule has 2 fully saturated rings. The summed E-state index contributed by atoms with van der Waals surface area (Å²) in [5.41, 5.74) is 1.09. The predicted molar refractivity (Wildman–Crippen MR) is 102 cm³/mol. The lowest BCUT2D eigenvalue weighted by Gasteiger charge is -2.36. The third-order valence-corrected chi connectivity index (χ3v) is 5.65. The van der Waals surface area contributed by atoms with Crippen LogP contribution in [-0.2, 0) is 29.4 Å². The van der Waals surface area contributed by atoms with Crippen molar-refractivity contribution in [1.82, 2.24) is 0 Å². The molecule has 0 radical (unpaired) electrons. The average molecular weight is 427 g/mol. The summed E-state index contributed by atoms with van der Waals surface area (Å²) in [7, 11) is 0. The lowest BCUT2D eigenvalue weighted by Crippen LogP contribution is -2.45. The normalized spacial score (nSPS) is 38.9. The molecule has 6 atom stereocenters. The van der Waals surface area contributed by atoms with Gasteiger partial charge in [0.15, 0.2) is 0 Å². The van der Waals surface area contributed by atoms with E-state index in [4.69, 9.17) is 42.1 Å². The summed E-state index contributed by atoms with van der Waals surface area (Å²) in [6, 6.07) is 17.8. The molecule has 28 heavy (non-hydrogen) atoms. The van der Waals surface area contributed by atoms with Crippen molar-refractivity contribution in [3.05, 3.63) is 71.8 Å². The van der Waals surface area contributed by atoms with E-state index < -0.39 is 34.9 Å². The van der Waals surface area contributed by atoms with Crippen LogP contribution in [0.15, 0.2) is 60.7 Å². The highest BCUT2D eigenvalue weighted by Gasteiger charge is 2.51. The van der Waals surface area contributed by atoms with E-state index in [9.17, 15) is 10.2 Å². The lowest BCUT2D eigenvalue weighted by atomic mass is 10.0. The van der Waals surface area contributed by atoms with Crippen LogP contribution in [0.1, 0.15) is 11.1 Å². The van der Waals surface area contributed by atoms with Gasteiger partial charge in [-0.3, -0.25) is 0 Å². The van der Waals surface area contributed by atoms with Gasteiger partial charge in [-0.25, -0.2) is 0 Å². The number of halogens is 2. The number of aliphatic hydroxyl groups excluding tert-OH is 2. The van der Waals surface area contributed by atoms with Crippen LogP contribution in [0.4, 0.5) is 0 Å². The molecule has 2 bridgehead atoms. The summed E-state index contributed by atoms with van der Waals surface area (Å²) in [5.74, 6) is 0. The number of hydrogen-bond acceptors (Lipinski definition) is 6. The maximum atomic E-state index is 10.6. The van der Waals surface area contributed by atoms with Crippen molar-refractivity contribution in [3.63, 3.8) is 0 Å². The fourth-order valence-corrected chi connectivity index (χ4v) is 3.87. The second-order valence-electron chi connectivity index (χ2n) is 6.72. The highest BCUT2D eigenvalue weighted by atomic mass is 35.5. The van der Waals surface area contributed by atoms with Gasteiger partial charge in [-0.15, -0.1) is 0 Å². The van der Waals surface area contributed by atoms with E-state index in [0.717, 1.165) is 0 Å². The molecule has 0 aliphatic carbocycles. The predicted octanol–water partition coefficient (Wildman–Crippen LogP) is 2.64. The Morgan fingerprint density at radius 1 is 0.679 bits per heavy atom. The third-order valence-electron chi connectivity index (χ3n) is 4.82. The zero-order valence-electron chi connectivity index (χ0n) is 14.8. The summed E-state index contributed by atoms with van der Waals surface area (Å²) < 4.78 is 23.4. The summed E-state index contributed by atoms with van der Waals surface area (Å²) >= 11 is 13.2. The van der Waals surface area contributed by atoms with Crippen molar-refractivity contribution in [2.24, 2.45) is 0 Å². The second kappa shape index (κ2) is 7.89. The Morgan fingerprint density at radius 2 is 1.07 bits per heavy atom. The second-order valence-corrected chi connectivity index (χ2v) is 7.72. The fourth-order valence-electron chi connectivity index (χ4n) is 3.26. The molecule has 6 nitrogen and oxygen atoms in total. The topological polar surface area (TPSA) is 77.4 Å². The largest absolute Gasteiger partial charge is 0.387 e. The lowest BCUT2D eigenvalue weighted by molar-refractivity contribution is -0.285. The van der Waals surface area contributed by atoms with E-state index in [1.807, 2.05) is 12.1 Å². The molecule has 150 valence electrons. The van der Waals surface area contributed by atoms with Crippen LogP contribution in [0.3, 0.4) is 0 Å². The van der Waals surface area contributed by atoms with Crippen LogP contribution in [-0.4, -0.2) is 47.8 Å². The van der Waals surface area contributed by atoms with Gasteiger partial charge in [-0.1, -0.05) is 83.9 Å². The molecule has 2 unspecified atom stereocenters. The molecule has 0 aromatic heterocycles. The molecule has 8 heteroatoms. The molecular weight excluding hydrogens is 407 g/mol. The van der Waals surface area contributed by atoms with Crippen LogP contribution in [0.5, 0.6) is 0 Å². The van der Waals surface area contributed by atoms with Gasteiger partial charge in [-0.2, -0.15) is 0 Å². The molecule has 0 saturated carbocycles. The molecule has 0 spiro atoms. The number of aliphatic hydroxyl groups is 2. The van der Waals surface area contributed by atoms with Crippen LogP contribution < -0.4 is 0 Å². The molecule has 2 saturated heterocycles. The highest BCUT2D eigenvalue weighted by molar-refractivity contribution is 6.22. The number of hydrogen-bond donors (Lipinski definition) is 2. The molecule has 2 N–H and O–H groups in total. The molecule has 2 aliphatic heterocycles. The van der Waals surface area contributed by atoms with E-state index in [1.54, 1.807) is 48.5 Å². The maximum Gasteiger partial charge on any atom is 0.277 e. The molecular formula is C20H20Cl2O6. The van der Waals surface area contributed by atoms with Gasteiger partial charge in [0.25, 0.3) is 10.5 Å². The first-order chi connectivity index (χ1) is 13.4. The molecule has 2 aromatic rings. The number of rotatable bonds is 2. The number of ether oxygens (including phenoxy) is 4. The number of benzene rings is 2. The Morgan fingerprint density at radius 3 is 1.50 bits per heavy atom. The molecule has 2 heterocycles. The van der Waals surface area contributed by atoms with Crippen molar-refractivity contribution in [1.29, 1.82) is 0 Å². The standard InChI is InChI=1S/C20H20Cl2O6/c21-19(13-7-3-1-4-8-13)25-11-15-17(23)18(24)16(12-26-19)28-20(22,27-15)14-9-5-2-6-10-14/h1-10,15-18,23-24H,11-12H2/t15-,16+,17-,18-,19?,20?/m1/s1. The average Bonchev–Trinajstić information content (AvgIpc) is 2.80. The quantitative estimate of drug-likeness (QED) is 0.718. The third kappa shape index (κ3) is 3.79. The van der Waals surface area contributed by atoms with Crippen LogP contribution >= 0.6 is 23.2 Å². The Bertz CT molecular complexity index is 768. The maximum absolute atomic E-state index is 10.6. The minimum Gasteiger partial charge on any atom is -0.387 e. The summed E-state index contributed by atoms with van der Waals surface area (Å²) in [6.07, 6.45) is -4.65. The highest BCUT2D eigenvalue weighted by Crippen LogP contribution is 2.42. The van der Waals surface area contributed by atoms with Gasteiger partial charge in [-0.05, 0) is 0 Å². The van der Waals surface area contributed by atoms with Crippen LogP contribution in [0, 0.1) is 0 Å². The number of alkyl halides is 2. The first kappa shape index (κ1) is 20.1. The minimum absolute atomic E-state index is 0.187. The smallest absolute Gasteiger partial charge is 0.277 e. The van der Waals surface area contributed by atoms with Crippen molar-refractivity contribution in [3.8, 4) is 0 Å². The van der Waals surface area contributed by atoms with Crippen molar-refractivity contribution in [2.75, 3.05) is 13.2 Å². The zero-order valence-corrected chi connectivity index (χ0v) is 16.3. The first-order valence-corrected chi connectivity index (χ1v) is 9.65. The van der Waals surface area contributed by atoms with Gasteiger partial charge in [0, 0.05) is 11.1 Å². The monoisotopic (exact) mass is 426 g/mol. The Labute approximate surface area is 172 Å². The van der Waals surface area contributed by atoms with E-state index in [-0.39, 0.29) is 13.2 Å². The Hall–Kier alpha value is -1.22. The Balaban J connectivity index is 1.68. The van der Waals surface area contributed by atoms with E-state index in [0.29, 0.717) is 11.1 Å². The van der Waals surface area contributed by atoms with E-state index >= 15 is 0 Å². The van der Waals surface area contributed by atoms with Gasteiger partial charge < -0.3 is 29.2 Å². The van der Waals surface area contributed by atoms with Crippen molar-refractivity contribution >= 4 is 23.2 Å². The summed E-state index contributed by atoms with van der Waals surface area (Å²) in [4.78, 5) is 0. The van der Waals surface area contributed by atoms with Gasteiger partial charge >= 0.3 is 0 Å². The van der Waals surface area contributed by atoms with E-state index in [1.165, 1.54) is 0 Å². The molecule has 2 aliphatic rings. The van der Waals surface area contributed by atoms with Gasteiger partial charge in [0.2, 0.25) is 0 Å². The molecule has 4 rings (SSSR count). The van der Waals surface area contributed by atoms with Crippen molar-refractivity contribution < 1.29 is 29.2 Å². The summed E-state index contributed by atoms with van der Waals surface area (Å²) in [6.45, 7) is -0.373. The van der Waals surface area contributed by atoms with Crippen LogP contribution in [0.2, 0.25) is 0 Å². The molecule has 0 amide bonds. The fraction of sp³-hybridized carbons (Fsp3) is 0.400. The number of fused-ring (bicyclic) bond motifs is 3. The first-order valence-electron chi connectivity index (χ1n) is 8.90. The van der Waals surface area contributed by atoms with Crippen LogP contribution in [0.25, 0.3) is 0 Å². The minimum atomic E-state index is -1.72. The summed E-state index contributed by atoms with van der Waals surface area (Å²) in [5, 5.41) is 17.9. The Kier molecular flexibility index (Phi) is 5.66. The zero-order chi connectivity index (χ0) is 19.8.